The number of nitrogens with zero attached hydrogens (tertiary/aromatic N) is 2. The highest BCUT2D eigenvalue weighted by Gasteiger charge is 2.24. The van der Waals surface area contributed by atoms with Crippen LogP contribution in [0, 0.1) is 13.8 Å². The van der Waals surface area contributed by atoms with Crippen LogP contribution in [0.15, 0.2) is 4.90 Å². The van der Waals surface area contributed by atoms with Crippen molar-refractivity contribution >= 4 is 15.9 Å². The van der Waals surface area contributed by atoms with Gasteiger partial charge < -0.3 is 9.64 Å². The second-order valence-electron chi connectivity index (χ2n) is 5.76. The maximum Gasteiger partial charge on any atom is 0.244 e. The molecule has 9 heteroatoms. The number of H-pyrrole nitrogens is 1. The van der Waals surface area contributed by atoms with Crippen LogP contribution in [0.3, 0.4) is 0 Å². The lowest BCUT2D eigenvalue weighted by atomic mass is 10.2. The molecule has 1 atom stereocenters. The van der Waals surface area contributed by atoms with Gasteiger partial charge >= 0.3 is 0 Å². The number of rotatable bonds is 7. The molecule has 1 saturated heterocycles. The van der Waals surface area contributed by atoms with E-state index >= 15 is 0 Å². The molecular formula is C14H24N4O4S. The first kappa shape index (κ1) is 17.9. The summed E-state index contributed by atoms with van der Waals surface area (Å²) in [5, 5.41) is 6.56. The van der Waals surface area contributed by atoms with Gasteiger partial charge in [-0.3, -0.25) is 9.89 Å². The van der Waals surface area contributed by atoms with E-state index in [1.807, 2.05) is 0 Å². The van der Waals surface area contributed by atoms with Crippen LogP contribution in [0.4, 0.5) is 0 Å². The van der Waals surface area contributed by atoms with Crippen LogP contribution < -0.4 is 4.72 Å². The zero-order valence-electron chi connectivity index (χ0n) is 13.8. The van der Waals surface area contributed by atoms with Gasteiger partial charge in [-0.15, -0.1) is 0 Å². The highest BCUT2D eigenvalue weighted by atomic mass is 32.2. The molecule has 1 aromatic rings. The van der Waals surface area contributed by atoms with Gasteiger partial charge in [-0.05, 0) is 26.7 Å². The summed E-state index contributed by atoms with van der Waals surface area (Å²) in [6.07, 6.45) is 1.99. The number of aryl methyl sites for hydroxylation is 2. The highest BCUT2D eigenvalue weighted by Crippen LogP contribution is 2.16. The van der Waals surface area contributed by atoms with Crippen LogP contribution in [-0.4, -0.2) is 61.8 Å². The van der Waals surface area contributed by atoms with Crippen molar-refractivity contribution in [2.45, 2.75) is 44.6 Å². The van der Waals surface area contributed by atoms with Crippen LogP contribution in [0.1, 0.15) is 31.2 Å². The Morgan fingerprint density at radius 1 is 1.48 bits per heavy atom. The number of hydrogen-bond donors (Lipinski definition) is 2. The predicted octanol–water partition coefficient (Wildman–Crippen LogP) is 0.332. The van der Waals surface area contributed by atoms with Crippen molar-refractivity contribution in [3.05, 3.63) is 11.4 Å². The molecular weight excluding hydrogens is 320 g/mol. The Kier molecular flexibility index (Phi) is 5.77. The number of carbonyl (C=O) groups excluding carboxylic acids is 1. The molecule has 1 fully saturated rings. The van der Waals surface area contributed by atoms with Gasteiger partial charge in [0.15, 0.2) is 0 Å². The Morgan fingerprint density at radius 2 is 2.22 bits per heavy atom. The summed E-state index contributed by atoms with van der Waals surface area (Å²) in [4.78, 5) is 13.5. The van der Waals surface area contributed by atoms with Crippen LogP contribution in [0.2, 0.25) is 0 Å². The topological polar surface area (TPSA) is 104 Å². The maximum atomic E-state index is 12.3. The molecule has 1 aromatic heterocycles. The van der Waals surface area contributed by atoms with Crippen molar-refractivity contribution in [3.63, 3.8) is 0 Å². The molecule has 1 unspecified atom stereocenters. The lowest BCUT2D eigenvalue weighted by Gasteiger charge is -2.24. The molecule has 0 aliphatic carbocycles. The van der Waals surface area contributed by atoms with E-state index in [1.54, 1.807) is 18.7 Å². The average molecular weight is 344 g/mol. The van der Waals surface area contributed by atoms with Gasteiger partial charge in [0.25, 0.3) is 0 Å². The van der Waals surface area contributed by atoms with E-state index in [0.29, 0.717) is 24.5 Å². The fourth-order valence-electron chi connectivity index (χ4n) is 2.74. The first-order chi connectivity index (χ1) is 10.8. The first-order valence-electron chi connectivity index (χ1n) is 7.69. The van der Waals surface area contributed by atoms with Crippen molar-refractivity contribution in [2.75, 3.05) is 26.2 Å². The standard InChI is InChI=1S/C14H24N4O4S/c1-10-14(11(2)17-16-10)23(20,21)15-6-7-18(12(3)19)9-13-5-4-8-22-13/h13,15H,4-9H2,1-3H3,(H,16,17). The van der Waals surface area contributed by atoms with Crippen molar-refractivity contribution in [1.29, 1.82) is 0 Å². The Hall–Kier alpha value is -1.45. The molecule has 130 valence electrons. The third kappa shape index (κ3) is 4.52. The molecule has 0 radical (unpaired) electrons. The van der Waals surface area contributed by atoms with E-state index in [9.17, 15) is 13.2 Å². The number of carbonyl (C=O) groups is 1. The van der Waals surface area contributed by atoms with E-state index < -0.39 is 10.0 Å². The second-order valence-corrected chi connectivity index (χ2v) is 7.46. The van der Waals surface area contributed by atoms with Gasteiger partial charge in [0.2, 0.25) is 15.9 Å². The van der Waals surface area contributed by atoms with Crippen LogP contribution in [0.25, 0.3) is 0 Å². The Morgan fingerprint density at radius 3 is 2.74 bits per heavy atom. The molecule has 1 aliphatic heterocycles. The number of sulfonamides is 1. The third-order valence-corrected chi connectivity index (χ3v) is 5.62. The lowest BCUT2D eigenvalue weighted by molar-refractivity contribution is -0.130. The molecule has 1 aliphatic rings. The van der Waals surface area contributed by atoms with E-state index in [-0.39, 0.29) is 23.5 Å². The van der Waals surface area contributed by atoms with Gasteiger partial charge in [-0.1, -0.05) is 0 Å². The summed E-state index contributed by atoms with van der Waals surface area (Å²) < 4.78 is 32.7. The summed E-state index contributed by atoms with van der Waals surface area (Å²) >= 11 is 0. The largest absolute Gasteiger partial charge is 0.376 e. The zero-order valence-corrected chi connectivity index (χ0v) is 14.6. The number of aromatic amines is 1. The average Bonchev–Trinajstić information content (AvgIpc) is 3.07. The highest BCUT2D eigenvalue weighted by molar-refractivity contribution is 7.89. The lowest BCUT2D eigenvalue weighted by Crippen LogP contribution is -2.41. The van der Waals surface area contributed by atoms with Crippen LogP contribution >= 0.6 is 0 Å². The minimum Gasteiger partial charge on any atom is -0.376 e. The molecule has 23 heavy (non-hydrogen) atoms. The summed E-state index contributed by atoms with van der Waals surface area (Å²) in [5.41, 5.74) is 0.926. The number of amides is 1. The second kappa shape index (κ2) is 7.41. The number of aromatic nitrogens is 2. The SMILES string of the molecule is CC(=O)N(CCNS(=O)(=O)c1c(C)n[nH]c1C)CC1CCCO1. The third-order valence-electron chi connectivity index (χ3n) is 3.90. The summed E-state index contributed by atoms with van der Waals surface area (Å²) in [6, 6.07) is 0. The fraction of sp³-hybridized carbons (Fsp3) is 0.714. The number of hydrogen-bond acceptors (Lipinski definition) is 5. The molecule has 0 aromatic carbocycles. The van der Waals surface area contributed by atoms with E-state index in [0.717, 1.165) is 19.4 Å². The van der Waals surface area contributed by atoms with E-state index in [4.69, 9.17) is 4.74 Å². The monoisotopic (exact) mass is 344 g/mol. The predicted molar refractivity (Wildman–Crippen MR) is 84.5 cm³/mol. The van der Waals surface area contributed by atoms with Crippen molar-refractivity contribution in [2.24, 2.45) is 0 Å². The first-order valence-corrected chi connectivity index (χ1v) is 9.18. The minimum absolute atomic E-state index is 0.0499. The summed E-state index contributed by atoms with van der Waals surface area (Å²) in [7, 11) is -3.64. The molecule has 2 rings (SSSR count). The van der Waals surface area contributed by atoms with Gasteiger partial charge in [0.05, 0.1) is 17.5 Å². The molecule has 0 bridgehead atoms. The number of ether oxygens (including phenoxy) is 1. The Bertz CT molecular complexity index is 630. The quantitative estimate of drug-likeness (QED) is 0.742. The van der Waals surface area contributed by atoms with Crippen molar-refractivity contribution in [3.8, 4) is 0 Å². The zero-order chi connectivity index (χ0) is 17.0. The van der Waals surface area contributed by atoms with Gasteiger partial charge in [0.1, 0.15) is 4.90 Å². The molecule has 2 heterocycles. The normalized spacial score (nSPS) is 18.3. The minimum atomic E-state index is -3.64. The van der Waals surface area contributed by atoms with Crippen molar-refractivity contribution < 1.29 is 17.9 Å². The summed E-state index contributed by atoms with van der Waals surface area (Å²) in [6.45, 7) is 6.46. The van der Waals surface area contributed by atoms with Crippen LogP contribution in [0.5, 0.6) is 0 Å². The summed E-state index contributed by atoms with van der Waals surface area (Å²) in [5.74, 6) is -0.0876. The molecule has 1 amide bonds. The molecule has 2 N–H and O–H groups in total. The smallest absolute Gasteiger partial charge is 0.244 e. The number of nitrogens with one attached hydrogen (secondary N) is 2. The Balaban J connectivity index is 1.92. The van der Waals surface area contributed by atoms with Gasteiger partial charge in [-0.2, -0.15) is 5.10 Å². The van der Waals surface area contributed by atoms with Crippen molar-refractivity contribution in [1.82, 2.24) is 19.8 Å². The Labute approximate surface area is 136 Å². The fourth-order valence-corrected chi connectivity index (χ4v) is 4.12. The van der Waals surface area contributed by atoms with Crippen LogP contribution in [-0.2, 0) is 19.6 Å². The molecule has 0 spiro atoms. The van der Waals surface area contributed by atoms with Gasteiger partial charge in [-0.25, -0.2) is 13.1 Å². The van der Waals surface area contributed by atoms with E-state index in [2.05, 4.69) is 14.9 Å². The molecule has 8 nitrogen and oxygen atoms in total. The maximum absolute atomic E-state index is 12.3. The molecule has 0 saturated carbocycles. The van der Waals surface area contributed by atoms with Gasteiger partial charge in [0, 0.05) is 33.2 Å². The van der Waals surface area contributed by atoms with E-state index in [1.165, 1.54) is 6.92 Å².